The van der Waals surface area contributed by atoms with Crippen LogP contribution in [0.1, 0.15) is 29.4 Å². The molecule has 1 N–H and O–H groups in total. The Balaban J connectivity index is 2.95. The summed E-state index contributed by atoms with van der Waals surface area (Å²) in [6.45, 7) is 4.18. The summed E-state index contributed by atoms with van der Waals surface area (Å²) in [5.41, 5.74) is 0.0585. The molecule has 1 rings (SSSR count). The molecule has 0 aliphatic carbocycles. The van der Waals surface area contributed by atoms with Crippen LogP contribution in [-0.2, 0) is 7.05 Å². The van der Waals surface area contributed by atoms with E-state index in [0.29, 0.717) is 12.2 Å². The molecule has 0 aliphatic rings. The van der Waals surface area contributed by atoms with Gasteiger partial charge in [0.05, 0.1) is 5.69 Å². The van der Waals surface area contributed by atoms with Crippen LogP contribution in [0.3, 0.4) is 0 Å². The van der Waals surface area contributed by atoms with E-state index in [1.165, 1.54) is 4.74 Å². The van der Waals surface area contributed by atoms with E-state index in [9.17, 15) is 9.59 Å². The summed E-state index contributed by atoms with van der Waals surface area (Å²) in [7, 11) is 1.59. The van der Waals surface area contributed by atoms with Crippen molar-refractivity contribution in [3.05, 3.63) is 21.7 Å². The van der Waals surface area contributed by atoms with Crippen LogP contribution in [-0.4, -0.2) is 17.2 Å². The van der Waals surface area contributed by atoms with Crippen molar-refractivity contribution in [3.63, 3.8) is 0 Å². The average molecular weight is 198 g/mol. The van der Waals surface area contributed by atoms with Crippen LogP contribution in [0.25, 0.3) is 0 Å². The van der Waals surface area contributed by atoms with Gasteiger partial charge in [0, 0.05) is 13.6 Å². The van der Waals surface area contributed by atoms with Crippen molar-refractivity contribution in [2.45, 2.75) is 20.3 Å². The number of nitrogens with zero attached hydrogens (tertiary/aromatic N) is 1. The predicted molar refractivity (Wildman–Crippen MR) is 51.3 cm³/mol. The van der Waals surface area contributed by atoms with Gasteiger partial charge in [-0.25, -0.2) is 9.53 Å². The third-order valence-corrected chi connectivity index (χ3v) is 2.02. The van der Waals surface area contributed by atoms with Gasteiger partial charge in [-0.3, -0.25) is 4.79 Å². The third-order valence-electron chi connectivity index (χ3n) is 2.02. The van der Waals surface area contributed by atoms with Gasteiger partial charge in [0.15, 0.2) is 0 Å². The van der Waals surface area contributed by atoms with Crippen molar-refractivity contribution in [1.82, 2.24) is 10.1 Å². The Bertz CT molecular complexity index is 389. The zero-order valence-electron chi connectivity index (χ0n) is 8.59. The number of carbonyl (C=O) groups is 1. The summed E-state index contributed by atoms with van der Waals surface area (Å²) in [5.74, 6) is -0.362. The first-order valence-corrected chi connectivity index (χ1v) is 4.53. The lowest BCUT2D eigenvalue weighted by Crippen LogP contribution is -2.28. The molecule has 78 valence electrons. The van der Waals surface area contributed by atoms with Crippen molar-refractivity contribution in [1.29, 1.82) is 0 Å². The largest absolute Gasteiger partial charge is 0.370 e. The maximum absolute atomic E-state index is 11.5. The van der Waals surface area contributed by atoms with Crippen LogP contribution in [0.15, 0.2) is 9.32 Å². The molecule has 0 spiro atoms. The summed E-state index contributed by atoms with van der Waals surface area (Å²) in [5, 5.41) is 2.63. The number of aryl methyl sites for hydroxylation is 1. The Morgan fingerprint density at radius 2 is 2.21 bits per heavy atom. The second-order valence-electron chi connectivity index (χ2n) is 3.09. The number of aromatic nitrogens is 1. The van der Waals surface area contributed by atoms with E-state index in [1.54, 1.807) is 14.0 Å². The molecule has 0 radical (unpaired) electrons. The summed E-state index contributed by atoms with van der Waals surface area (Å²) in [6, 6.07) is 0. The van der Waals surface area contributed by atoms with Gasteiger partial charge in [-0.2, -0.15) is 0 Å². The number of hydrogen-bond donors (Lipinski definition) is 1. The van der Waals surface area contributed by atoms with Crippen LogP contribution in [0.5, 0.6) is 0 Å². The van der Waals surface area contributed by atoms with Crippen LogP contribution in [0.2, 0.25) is 0 Å². The highest BCUT2D eigenvalue weighted by Gasteiger charge is 2.18. The average Bonchev–Trinajstić information content (AvgIpc) is 2.38. The molecule has 1 aromatic heterocycles. The molecule has 1 aromatic rings. The van der Waals surface area contributed by atoms with Gasteiger partial charge in [-0.05, 0) is 13.3 Å². The lowest BCUT2D eigenvalue weighted by molar-refractivity contribution is 0.0951. The number of hydrogen-bond acceptors (Lipinski definition) is 3. The molecule has 5 nitrogen and oxygen atoms in total. The zero-order valence-corrected chi connectivity index (χ0v) is 8.59. The van der Waals surface area contributed by atoms with E-state index in [4.69, 9.17) is 4.52 Å². The molecule has 5 heteroatoms. The second kappa shape index (κ2) is 4.13. The lowest BCUT2D eigenvalue weighted by Gasteiger charge is -2.00. The standard InChI is InChI=1S/C9H14N2O3/c1-4-5-10-8(12)7-6(2)11(3)14-9(7)13/h4-5H2,1-3H3,(H,10,12). The van der Waals surface area contributed by atoms with Crippen molar-refractivity contribution < 1.29 is 9.32 Å². The van der Waals surface area contributed by atoms with Crippen molar-refractivity contribution in [2.24, 2.45) is 7.05 Å². The maximum Gasteiger partial charge on any atom is 0.370 e. The van der Waals surface area contributed by atoms with E-state index >= 15 is 0 Å². The first-order chi connectivity index (χ1) is 6.57. The van der Waals surface area contributed by atoms with Crippen molar-refractivity contribution in [3.8, 4) is 0 Å². The van der Waals surface area contributed by atoms with E-state index in [0.717, 1.165) is 6.42 Å². The molecule has 1 amide bonds. The topological polar surface area (TPSA) is 64.2 Å². The molecular formula is C9H14N2O3. The van der Waals surface area contributed by atoms with Gasteiger partial charge in [0.25, 0.3) is 5.91 Å². The number of nitrogens with one attached hydrogen (secondary N) is 1. The van der Waals surface area contributed by atoms with Gasteiger partial charge in [0.1, 0.15) is 5.56 Å². The van der Waals surface area contributed by atoms with Crippen LogP contribution in [0, 0.1) is 6.92 Å². The van der Waals surface area contributed by atoms with Gasteiger partial charge < -0.3 is 9.84 Å². The molecular weight excluding hydrogens is 184 g/mol. The SMILES string of the molecule is CCCNC(=O)c1c(C)n(C)oc1=O. The Kier molecular flexibility index (Phi) is 3.11. The zero-order chi connectivity index (χ0) is 10.7. The summed E-state index contributed by atoms with van der Waals surface area (Å²) >= 11 is 0. The van der Waals surface area contributed by atoms with Gasteiger partial charge >= 0.3 is 5.63 Å². The number of rotatable bonds is 3. The summed E-state index contributed by atoms with van der Waals surface area (Å²) < 4.78 is 6.04. The molecule has 0 atom stereocenters. The number of carbonyl (C=O) groups excluding carboxylic acids is 1. The van der Waals surface area contributed by atoms with Gasteiger partial charge in [-0.15, -0.1) is 0 Å². The number of amides is 1. The van der Waals surface area contributed by atoms with Gasteiger partial charge in [0.2, 0.25) is 0 Å². The van der Waals surface area contributed by atoms with Crippen molar-refractivity contribution >= 4 is 5.91 Å². The molecule has 14 heavy (non-hydrogen) atoms. The highest BCUT2D eigenvalue weighted by atomic mass is 16.5. The van der Waals surface area contributed by atoms with Crippen LogP contribution >= 0.6 is 0 Å². The fourth-order valence-electron chi connectivity index (χ4n) is 1.13. The molecule has 0 aliphatic heterocycles. The Morgan fingerprint density at radius 3 is 2.64 bits per heavy atom. The smallest absolute Gasteiger partial charge is 0.352 e. The molecule has 0 unspecified atom stereocenters. The Morgan fingerprint density at radius 1 is 1.57 bits per heavy atom. The van der Waals surface area contributed by atoms with Crippen LogP contribution in [0.4, 0.5) is 0 Å². The van der Waals surface area contributed by atoms with E-state index in [-0.39, 0.29) is 11.5 Å². The maximum atomic E-state index is 11.5. The molecule has 1 heterocycles. The fraction of sp³-hybridized carbons (Fsp3) is 0.556. The third kappa shape index (κ3) is 1.86. The van der Waals surface area contributed by atoms with Gasteiger partial charge in [-0.1, -0.05) is 6.92 Å². The highest BCUT2D eigenvalue weighted by molar-refractivity contribution is 5.94. The second-order valence-corrected chi connectivity index (χ2v) is 3.09. The van der Waals surface area contributed by atoms with E-state index in [2.05, 4.69) is 5.32 Å². The molecule has 0 bridgehead atoms. The quantitative estimate of drug-likeness (QED) is 0.765. The van der Waals surface area contributed by atoms with Crippen LogP contribution < -0.4 is 10.9 Å². The molecule has 0 aromatic carbocycles. The minimum Gasteiger partial charge on any atom is -0.352 e. The summed E-state index contributed by atoms with van der Waals surface area (Å²) in [6.07, 6.45) is 0.836. The highest BCUT2D eigenvalue weighted by Crippen LogP contribution is 2.01. The first kappa shape index (κ1) is 10.6. The molecule has 0 saturated carbocycles. The molecule has 0 fully saturated rings. The monoisotopic (exact) mass is 198 g/mol. The molecule has 0 saturated heterocycles. The summed E-state index contributed by atoms with van der Waals surface area (Å²) in [4.78, 5) is 22.7. The minimum atomic E-state index is -0.585. The Labute approximate surface area is 81.7 Å². The van der Waals surface area contributed by atoms with E-state index in [1.807, 2.05) is 6.92 Å². The fourth-order valence-corrected chi connectivity index (χ4v) is 1.13. The first-order valence-electron chi connectivity index (χ1n) is 4.53. The van der Waals surface area contributed by atoms with E-state index < -0.39 is 5.63 Å². The minimum absolute atomic E-state index is 0.0981. The normalized spacial score (nSPS) is 10.2. The van der Waals surface area contributed by atoms with Crippen molar-refractivity contribution in [2.75, 3.05) is 6.54 Å². The predicted octanol–water partition coefficient (Wildman–Crippen LogP) is 0.427. The lowest BCUT2D eigenvalue weighted by atomic mass is 10.2. The Hall–Kier alpha value is -1.52.